The molecule has 0 amide bonds. The fraction of sp³-hybridized carbons (Fsp3) is 0.240. The number of nitrogens with zero attached hydrogens (tertiary/aromatic N) is 7. The summed E-state index contributed by atoms with van der Waals surface area (Å²) in [6.07, 6.45) is 3.83. The van der Waals surface area contributed by atoms with E-state index in [1.807, 2.05) is 37.4 Å². The lowest BCUT2D eigenvalue weighted by atomic mass is 10.1. The molecule has 6 rings (SSSR count). The number of nitrogen functional groups attached to an aromatic ring is 1. The van der Waals surface area contributed by atoms with E-state index in [2.05, 4.69) is 61.2 Å². The summed E-state index contributed by atoms with van der Waals surface area (Å²) >= 11 is 0. The van der Waals surface area contributed by atoms with E-state index in [0.717, 1.165) is 71.2 Å². The van der Waals surface area contributed by atoms with Gasteiger partial charge in [0, 0.05) is 67.6 Å². The summed E-state index contributed by atoms with van der Waals surface area (Å²) in [4.78, 5) is 14.2. The quantitative estimate of drug-likeness (QED) is 0.403. The second kappa shape index (κ2) is 8.03. The Hall–Kier alpha value is -4.11. The number of benzene rings is 2. The molecule has 4 heterocycles. The molecule has 3 aromatic heterocycles. The Morgan fingerprint density at radius 1 is 0.941 bits per heavy atom. The number of nitrogens with one attached hydrogen (secondary N) is 1. The van der Waals surface area contributed by atoms with Crippen LogP contribution in [0.2, 0.25) is 0 Å². The van der Waals surface area contributed by atoms with Crippen molar-refractivity contribution in [2.45, 2.75) is 0 Å². The van der Waals surface area contributed by atoms with Crippen molar-refractivity contribution in [2.75, 3.05) is 49.2 Å². The minimum absolute atomic E-state index is 0.502. The van der Waals surface area contributed by atoms with Crippen molar-refractivity contribution in [3.63, 3.8) is 0 Å². The molecule has 9 nitrogen and oxygen atoms in total. The van der Waals surface area contributed by atoms with Crippen LogP contribution in [0.25, 0.3) is 27.9 Å². The van der Waals surface area contributed by atoms with Crippen molar-refractivity contribution in [3.8, 4) is 11.4 Å². The molecular formula is C25H27N9. The summed E-state index contributed by atoms with van der Waals surface area (Å²) < 4.78 is 3.88. The third-order valence-electron chi connectivity index (χ3n) is 6.52. The summed E-state index contributed by atoms with van der Waals surface area (Å²) in [6, 6.07) is 16.2. The summed E-state index contributed by atoms with van der Waals surface area (Å²) in [5.74, 6) is 1.24. The average molecular weight is 454 g/mol. The molecule has 0 unspecified atom stereocenters. The number of likely N-dealkylation sites (N-methyl/N-ethyl adjacent to an activating group) is 1. The van der Waals surface area contributed by atoms with Gasteiger partial charge in [-0.15, -0.1) is 0 Å². The molecule has 1 saturated heterocycles. The van der Waals surface area contributed by atoms with Gasteiger partial charge >= 0.3 is 0 Å². The lowest BCUT2D eigenvalue weighted by Gasteiger charge is -2.34. The number of para-hydroxylation sites is 1. The first-order valence-corrected chi connectivity index (χ1v) is 11.4. The van der Waals surface area contributed by atoms with Crippen LogP contribution in [0.5, 0.6) is 0 Å². The molecule has 3 N–H and O–H groups in total. The number of anilines is 4. The van der Waals surface area contributed by atoms with Crippen molar-refractivity contribution >= 4 is 39.6 Å². The minimum Gasteiger partial charge on any atom is -0.397 e. The molecule has 9 heteroatoms. The van der Waals surface area contributed by atoms with Crippen LogP contribution in [0.3, 0.4) is 0 Å². The van der Waals surface area contributed by atoms with Crippen LogP contribution in [0.15, 0.2) is 60.9 Å². The van der Waals surface area contributed by atoms with Crippen LogP contribution >= 0.6 is 0 Å². The van der Waals surface area contributed by atoms with Crippen molar-refractivity contribution in [2.24, 2.45) is 7.05 Å². The second-order valence-electron chi connectivity index (χ2n) is 8.83. The second-order valence-corrected chi connectivity index (χ2v) is 8.83. The van der Waals surface area contributed by atoms with Gasteiger partial charge in [-0.05, 0) is 31.3 Å². The summed E-state index contributed by atoms with van der Waals surface area (Å²) in [5.41, 5.74) is 12.0. The Balaban J connectivity index is 1.36. The van der Waals surface area contributed by atoms with E-state index in [1.54, 1.807) is 10.7 Å². The number of aryl methyl sites for hydroxylation is 1. The zero-order valence-electron chi connectivity index (χ0n) is 19.3. The number of hydrogen-bond acceptors (Lipinski definition) is 7. The largest absolute Gasteiger partial charge is 0.397 e. The van der Waals surface area contributed by atoms with E-state index in [-0.39, 0.29) is 0 Å². The van der Waals surface area contributed by atoms with Gasteiger partial charge in [0.15, 0.2) is 11.5 Å². The average Bonchev–Trinajstić information content (AvgIpc) is 3.44. The van der Waals surface area contributed by atoms with Gasteiger partial charge < -0.3 is 25.4 Å². The number of hydrogen-bond donors (Lipinski definition) is 2. The highest BCUT2D eigenvalue weighted by Crippen LogP contribution is 2.31. The van der Waals surface area contributed by atoms with Crippen molar-refractivity contribution in [1.82, 2.24) is 29.0 Å². The lowest BCUT2D eigenvalue weighted by Crippen LogP contribution is -2.44. The molecule has 172 valence electrons. The highest BCUT2D eigenvalue weighted by molar-refractivity contribution is 5.94. The third-order valence-corrected chi connectivity index (χ3v) is 6.52. The summed E-state index contributed by atoms with van der Waals surface area (Å²) in [5, 5.41) is 8.94. The standard InChI is InChI=1S/C25H27N9/c1-31-11-13-33(14-12-31)22-8-7-17(15-20(22)26)28-25-29-23-9-10-27-34(23)24(30-25)19-16-32(2)21-6-4-3-5-18(19)21/h3-10,15-16H,11-14,26H2,1-2H3,(H,28,29). The monoisotopic (exact) mass is 453 g/mol. The van der Waals surface area contributed by atoms with E-state index in [4.69, 9.17) is 10.7 Å². The van der Waals surface area contributed by atoms with Gasteiger partial charge in [-0.25, -0.2) is 0 Å². The van der Waals surface area contributed by atoms with Crippen molar-refractivity contribution < 1.29 is 0 Å². The molecule has 0 radical (unpaired) electrons. The number of fused-ring (bicyclic) bond motifs is 2. The molecule has 0 atom stereocenters. The van der Waals surface area contributed by atoms with Gasteiger partial charge in [0.2, 0.25) is 5.95 Å². The topological polar surface area (TPSA) is 92.5 Å². The van der Waals surface area contributed by atoms with Crippen LogP contribution < -0.4 is 16.0 Å². The third kappa shape index (κ3) is 3.50. The zero-order valence-corrected chi connectivity index (χ0v) is 19.3. The molecule has 0 saturated carbocycles. The Bertz CT molecular complexity index is 1490. The Labute approximate surface area is 197 Å². The molecule has 0 spiro atoms. The number of nitrogens with two attached hydrogens (primary N) is 1. The van der Waals surface area contributed by atoms with Crippen LogP contribution in [-0.2, 0) is 7.05 Å². The molecular weight excluding hydrogens is 426 g/mol. The molecule has 0 aliphatic carbocycles. The van der Waals surface area contributed by atoms with Crippen molar-refractivity contribution in [3.05, 3.63) is 60.9 Å². The molecule has 0 bridgehead atoms. The van der Waals surface area contributed by atoms with Gasteiger partial charge in [-0.1, -0.05) is 18.2 Å². The maximum atomic E-state index is 6.45. The number of rotatable bonds is 4. The van der Waals surface area contributed by atoms with Crippen LogP contribution in [0.4, 0.5) is 23.0 Å². The van der Waals surface area contributed by atoms with Crippen molar-refractivity contribution in [1.29, 1.82) is 0 Å². The lowest BCUT2D eigenvalue weighted by molar-refractivity contribution is 0.313. The van der Waals surface area contributed by atoms with E-state index in [9.17, 15) is 0 Å². The highest BCUT2D eigenvalue weighted by atomic mass is 15.3. The van der Waals surface area contributed by atoms with Crippen LogP contribution in [-0.4, -0.2) is 62.3 Å². The predicted octanol–water partition coefficient (Wildman–Crippen LogP) is 3.36. The van der Waals surface area contributed by atoms with Gasteiger partial charge in [-0.3, -0.25) is 0 Å². The number of aromatic nitrogens is 5. The predicted molar refractivity (Wildman–Crippen MR) is 137 cm³/mol. The first kappa shape index (κ1) is 20.5. The first-order chi connectivity index (χ1) is 16.6. The Morgan fingerprint density at radius 3 is 2.59 bits per heavy atom. The Kier molecular flexibility index (Phi) is 4.84. The van der Waals surface area contributed by atoms with E-state index in [0.29, 0.717) is 5.95 Å². The SMILES string of the molecule is CN1CCN(c2ccc(Nc3nc(-c4cn(C)c5ccccc45)n4nccc4n3)cc2N)CC1. The maximum absolute atomic E-state index is 6.45. The smallest absolute Gasteiger partial charge is 0.231 e. The summed E-state index contributed by atoms with van der Waals surface area (Å²) in [6.45, 7) is 4.02. The van der Waals surface area contributed by atoms with Gasteiger partial charge in [0.25, 0.3) is 0 Å². The van der Waals surface area contributed by atoms with Crippen LogP contribution in [0.1, 0.15) is 0 Å². The summed E-state index contributed by atoms with van der Waals surface area (Å²) in [7, 11) is 4.19. The van der Waals surface area contributed by atoms with Crippen LogP contribution in [0, 0.1) is 0 Å². The van der Waals surface area contributed by atoms with E-state index in [1.165, 1.54) is 0 Å². The van der Waals surface area contributed by atoms with Gasteiger partial charge in [0.1, 0.15) is 0 Å². The Morgan fingerprint density at radius 2 is 1.76 bits per heavy atom. The maximum Gasteiger partial charge on any atom is 0.231 e. The minimum atomic E-state index is 0.502. The molecule has 34 heavy (non-hydrogen) atoms. The van der Waals surface area contributed by atoms with E-state index >= 15 is 0 Å². The fourth-order valence-electron chi connectivity index (χ4n) is 4.67. The number of piperazine rings is 1. The molecule has 2 aromatic carbocycles. The highest BCUT2D eigenvalue weighted by Gasteiger charge is 2.18. The fourth-order valence-corrected chi connectivity index (χ4v) is 4.67. The zero-order chi connectivity index (χ0) is 23.2. The van der Waals surface area contributed by atoms with E-state index < -0.39 is 0 Å². The van der Waals surface area contributed by atoms with Gasteiger partial charge in [-0.2, -0.15) is 19.6 Å². The first-order valence-electron chi connectivity index (χ1n) is 11.4. The molecule has 5 aromatic rings. The molecule has 1 aliphatic rings. The molecule has 1 aliphatic heterocycles. The molecule has 1 fully saturated rings. The van der Waals surface area contributed by atoms with Gasteiger partial charge in [0.05, 0.1) is 17.6 Å². The normalized spacial score (nSPS) is 14.8.